The minimum atomic E-state index is -2.25. The summed E-state index contributed by atoms with van der Waals surface area (Å²) in [5.74, 6) is -4.48. The SMILES string of the molecule is COO[C@@]1(OC)O[C@H](CO)[C@@H](O)[C@H](O)[C@]1(OC)OOC. The Labute approximate surface area is 115 Å². The standard InChI is InChI=1S/C10H20O10/c1-14-9(19-16-3)8(13)7(12)6(5-11)18-10(9,15-2)20-17-4/h6-8,11-13H,5H2,1-4H3/t6-,7-,8+,9+,10+/m1/s1. The van der Waals surface area contributed by atoms with Gasteiger partial charge in [0.05, 0.1) is 20.8 Å². The average molecular weight is 300 g/mol. The molecular weight excluding hydrogens is 280 g/mol. The highest BCUT2D eigenvalue weighted by Gasteiger charge is 2.71. The summed E-state index contributed by atoms with van der Waals surface area (Å²) >= 11 is 0. The van der Waals surface area contributed by atoms with Crippen LogP contribution in [0.15, 0.2) is 0 Å². The van der Waals surface area contributed by atoms with Gasteiger partial charge in [-0.25, -0.2) is 9.78 Å². The van der Waals surface area contributed by atoms with Gasteiger partial charge in [-0.1, -0.05) is 0 Å². The first-order chi connectivity index (χ1) is 9.48. The fourth-order valence-electron chi connectivity index (χ4n) is 2.02. The summed E-state index contributed by atoms with van der Waals surface area (Å²) in [5, 5.41) is 29.3. The molecule has 3 N–H and O–H groups in total. The minimum Gasteiger partial charge on any atom is -0.394 e. The smallest absolute Gasteiger partial charge is 0.373 e. The van der Waals surface area contributed by atoms with Crippen LogP contribution < -0.4 is 0 Å². The Morgan fingerprint density at radius 2 is 1.60 bits per heavy atom. The van der Waals surface area contributed by atoms with E-state index in [1.165, 1.54) is 0 Å². The normalized spacial score (nSPS) is 41.9. The molecule has 0 spiro atoms. The summed E-state index contributed by atoms with van der Waals surface area (Å²) in [4.78, 5) is 18.8. The zero-order chi connectivity index (χ0) is 15.4. The quantitative estimate of drug-likeness (QED) is 0.273. The average Bonchev–Trinajstić information content (AvgIpc) is 2.47. The second-order valence-electron chi connectivity index (χ2n) is 3.91. The van der Waals surface area contributed by atoms with Crippen LogP contribution in [0.5, 0.6) is 0 Å². The fourth-order valence-corrected chi connectivity index (χ4v) is 2.02. The Hall–Kier alpha value is -0.400. The Kier molecular flexibility index (Phi) is 6.22. The molecule has 10 nitrogen and oxygen atoms in total. The van der Waals surface area contributed by atoms with Crippen LogP contribution in [0.3, 0.4) is 0 Å². The summed E-state index contributed by atoms with van der Waals surface area (Å²) in [6, 6.07) is 0. The number of hydrogen-bond acceptors (Lipinski definition) is 10. The van der Waals surface area contributed by atoms with Gasteiger partial charge >= 0.3 is 11.8 Å². The van der Waals surface area contributed by atoms with Crippen molar-refractivity contribution in [2.24, 2.45) is 0 Å². The van der Waals surface area contributed by atoms with E-state index in [9.17, 15) is 15.3 Å². The van der Waals surface area contributed by atoms with E-state index in [-0.39, 0.29) is 0 Å². The molecule has 1 heterocycles. The van der Waals surface area contributed by atoms with E-state index in [4.69, 9.17) is 24.0 Å². The second-order valence-corrected chi connectivity index (χ2v) is 3.91. The van der Waals surface area contributed by atoms with Crippen molar-refractivity contribution >= 4 is 0 Å². The van der Waals surface area contributed by atoms with Gasteiger partial charge in [-0.05, 0) is 0 Å². The molecule has 10 heteroatoms. The van der Waals surface area contributed by atoms with Gasteiger partial charge < -0.3 is 29.5 Å². The highest BCUT2D eigenvalue weighted by atomic mass is 17.3. The van der Waals surface area contributed by atoms with Crippen LogP contribution in [0.4, 0.5) is 0 Å². The van der Waals surface area contributed by atoms with E-state index >= 15 is 0 Å². The first-order valence-corrected chi connectivity index (χ1v) is 5.67. The number of methoxy groups -OCH3 is 2. The van der Waals surface area contributed by atoms with Gasteiger partial charge in [0.15, 0.2) is 0 Å². The number of aliphatic hydroxyl groups is 3. The van der Waals surface area contributed by atoms with Crippen molar-refractivity contribution in [2.75, 3.05) is 35.0 Å². The van der Waals surface area contributed by atoms with Crippen LogP contribution in [0, 0.1) is 0 Å². The lowest BCUT2D eigenvalue weighted by atomic mass is 9.94. The van der Waals surface area contributed by atoms with Crippen LogP contribution in [0.25, 0.3) is 0 Å². The number of aliphatic hydroxyl groups excluding tert-OH is 3. The molecule has 0 aromatic rings. The molecule has 0 bridgehead atoms. The second kappa shape index (κ2) is 7.04. The molecular formula is C10H20O10. The molecule has 0 aromatic carbocycles. The van der Waals surface area contributed by atoms with E-state index in [1.807, 2.05) is 0 Å². The number of ether oxygens (including phenoxy) is 3. The molecule has 0 aromatic heterocycles. The first kappa shape index (κ1) is 17.7. The zero-order valence-electron chi connectivity index (χ0n) is 11.6. The van der Waals surface area contributed by atoms with Gasteiger partial charge in [-0.3, -0.25) is 0 Å². The summed E-state index contributed by atoms with van der Waals surface area (Å²) in [5.41, 5.74) is 0. The van der Waals surface area contributed by atoms with Gasteiger partial charge in [0.1, 0.15) is 18.3 Å². The van der Waals surface area contributed by atoms with E-state index < -0.39 is 36.7 Å². The van der Waals surface area contributed by atoms with Crippen LogP contribution >= 0.6 is 0 Å². The molecule has 0 aliphatic carbocycles. The maximum absolute atomic E-state index is 10.2. The van der Waals surface area contributed by atoms with E-state index in [2.05, 4.69) is 9.78 Å². The van der Waals surface area contributed by atoms with Crippen molar-refractivity contribution in [3.05, 3.63) is 0 Å². The highest BCUT2D eigenvalue weighted by Crippen LogP contribution is 2.43. The molecule has 1 fully saturated rings. The third-order valence-corrected chi connectivity index (χ3v) is 2.98. The summed E-state index contributed by atoms with van der Waals surface area (Å²) < 4.78 is 15.4. The molecule has 0 saturated carbocycles. The van der Waals surface area contributed by atoms with Crippen molar-refractivity contribution in [1.29, 1.82) is 0 Å². The Bertz CT molecular complexity index is 302. The Morgan fingerprint density at radius 1 is 1.00 bits per heavy atom. The van der Waals surface area contributed by atoms with Crippen molar-refractivity contribution < 1.29 is 49.1 Å². The summed E-state index contributed by atoms with van der Waals surface area (Å²) in [6.45, 7) is -0.622. The lowest BCUT2D eigenvalue weighted by molar-refractivity contribution is -0.627. The molecule has 1 aliphatic rings. The van der Waals surface area contributed by atoms with Crippen LogP contribution in [0.2, 0.25) is 0 Å². The highest BCUT2D eigenvalue weighted by molar-refractivity contribution is 4.99. The first-order valence-electron chi connectivity index (χ1n) is 5.67. The number of hydrogen-bond donors (Lipinski definition) is 3. The van der Waals surface area contributed by atoms with Gasteiger partial charge in [0, 0.05) is 14.2 Å². The van der Waals surface area contributed by atoms with Crippen molar-refractivity contribution in [3.8, 4) is 0 Å². The van der Waals surface area contributed by atoms with Crippen LogP contribution in [-0.2, 0) is 33.8 Å². The minimum absolute atomic E-state index is 0.622. The zero-order valence-corrected chi connectivity index (χ0v) is 11.6. The van der Waals surface area contributed by atoms with E-state index in [1.54, 1.807) is 0 Å². The lowest BCUT2D eigenvalue weighted by Gasteiger charge is -2.51. The molecule has 20 heavy (non-hydrogen) atoms. The van der Waals surface area contributed by atoms with Gasteiger partial charge in [-0.2, -0.15) is 9.78 Å². The number of rotatable bonds is 7. The maximum Gasteiger partial charge on any atom is 0.373 e. The lowest BCUT2D eigenvalue weighted by Crippen LogP contribution is -2.76. The topological polar surface area (TPSA) is 125 Å². The fraction of sp³-hybridized carbons (Fsp3) is 1.00. The van der Waals surface area contributed by atoms with E-state index in [0.717, 1.165) is 28.4 Å². The molecule has 1 saturated heterocycles. The third kappa shape index (κ3) is 2.55. The summed E-state index contributed by atoms with van der Waals surface area (Å²) in [7, 11) is 4.60. The molecule has 120 valence electrons. The third-order valence-electron chi connectivity index (χ3n) is 2.98. The Morgan fingerprint density at radius 3 is 2.00 bits per heavy atom. The monoisotopic (exact) mass is 300 g/mol. The summed E-state index contributed by atoms with van der Waals surface area (Å²) in [6.07, 6.45) is -4.53. The van der Waals surface area contributed by atoms with E-state index in [0.29, 0.717) is 0 Å². The molecule has 5 atom stereocenters. The van der Waals surface area contributed by atoms with Gasteiger partial charge in [0.2, 0.25) is 0 Å². The maximum atomic E-state index is 10.2. The molecule has 1 rings (SSSR count). The van der Waals surface area contributed by atoms with Crippen LogP contribution in [-0.4, -0.2) is 80.4 Å². The van der Waals surface area contributed by atoms with Crippen molar-refractivity contribution in [3.63, 3.8) is 0 Å². The van der Waals surface area contributed by atoms with Gasteiger partial charge in [-0.15, -0.1) is 0 Å². The predicted octanol–water partition coefficient (Wildman–Crippen LogP) is -2.10. The molecule has 0 unspecified atom stereocenters. The largest absolute Gasteiger partial charge is 0.394 e. The Balaban J connectivity index is 3.29. The van der Waals surface area contributed by atoms with Gasteiger partial charge in [0.25, 0.3) is 0 Å². The van der Waals surface area contributed by atoms with Crippen molar-refractivity contribution in [1.82, 2.24) is 0 Å². The molecule has 0 radical (unpaired) electrons. The molecule has 0 amide bonds. The van der Waals surface area contributed by atoms with Crippen LogP contribution in [0.1, 0.15) is 0 Å². The predicted molar refractivity (Wildman–Crippen MR) is 59.6 cm³/mol. The van der Waals surface area contributed by atoms with Crippen molar-refractivity contribution in [2.45, 2.75) is 30.1 Å². The molecule has 1 aliphatic heterocycles.